The maximum atomic E-state index is 6.72. The topological polar surface area (TPSA) is 73.2 Å². The molecule has 0 bridgehead atoms. The van der Waals surface area contributed by atoms with Crippen LogP contribution in [0.2, 0.25) is 0 Å². The smallest absolute Gasteiger partial charge is 0.231 e. The van der Waals surface area contributed by atoms with Crippen molar-refractivity contribution >= 4 is 21.8 Å². The molecule has 1 unspecified atom stereocenters. The van der Waals surface area contributed by atoms with Gasteiger partial charge in [-0.3, -0.25) is 4.98 Å². The summed E-state index contributed by atoms with van der Waals surface area (Å²) in [6, 6.07) is 14.6. The molecule has 0 amide bonds. The monoisotopic (exact) mass is 399 g/mol. The molecular weight excluding hydrogens is 374 g/mol. The Morgan fingerprint density at radius 3 is 2.87 bits per heavy atom. The average molecular weight is 399 g/mol. The van der Waals surface area contributed by atoms with Crippen molar-refractivity contribution in [2.45, 2.75) is 39.2 Å². The van der Waals surface area contributed by atoms with Gasteiger partial charge in [0.25, 0.3) is 0 Å². The molecule has 30 heavy (non-hydrogen) atoms. The van der Waals surface area contributed by atoms with Gasteiger partial charge in [0.2, 0.25) is 6.79 Å². The number of benzene rings is 2. The van der Waals surface area contributed by atoms with E-state index in [-0.39, 0.29) is 18.2 Å². The quantitative estimate of drug-likeness (QED) is 0.497. The Bertz CT molecular complexity index is 1300. The summed E-state index contributed by atoms with van der Waals surface area (Å²) in [5.41, 5.74) is 13.7. The Hall–Kier alpha value is -3.05. The zero-order chi connectivity index (χ0) is 20.5. The number of nitrogens with zero attached hydrogens (tertiary/aromatic N) is 1. The molecule has 2 aliphatic rings. The highest BCUT2D eigenvalue weighted by Gasteiger charge is 2.34. The SMILES string of the molecule is CC1(C)Cc2nc(Cc3ccc4c(c3)OCO4)c3[nH]c4ccccc4c3c2C(N)C1. The number of hydrogen-bond acceptors (Lipinski definition) is 4. The molecule has 1 aliphatic heterocycles. The van der Waals surface area contributed by atoms with Crippen molar-refractivity contribution in [1.29, 1.82) is 0 Å². The first-order valence-corrected chi connectivity index (χ1v) is 10.5. The molecule has 0 radical (unpaired) electrons. The van der Waals surface area contributed by atoms with Gasteiger partial charge in [0.05, 0.1) is 11.2 Å². The van der Waals surface area contributed by atoms with Crippen LogP contribution in [0.5, 0.6) is 11.5 Å². The average Bonchev–Trinajstić information content (AvgIpc) is 3.31. The minimum Gasteiger partial charge on any atom is -0.454 e. The number of para-hydroxylation sites is 1. The van der Waals surface area contributed by atoms with Gasteiger partial charge in [0.15, 0.2) is 11.5 Å². The maximum Gasteiger partial charge on any atom is 0.231 e. The van der Waals surface area contributed by atoms with Gasteiger partial charge in [-0.15, -0.1) is 0 Å². The third-order valence-electron chi connectivity index (χ3n) is 6.44. The van der Waals surface area contributed by atoms with E-state index >= 15 is 0 Å². The van der Waals surface area contributed by atoms with Crippen LogP contribution in [0.4, 0.5) is 0 Å². The van der Waals surface area contributed by atoms with E-state index in [9.17, 15) is 0 Å². The van der Waals surface area contributed by atoms with Gasteiger partial charge < -0.3 is 20.2 Å². The van der Waals surface area contributed by atoms with Gasteiger partial charge in [-0.2, -0.15) is 0 Å². The van der Waals surface area contributed by atoms with E-state index in [4.69, 9.17) is 20.2 Å². The van der Waals surface area contributed by atoms with E-state index in [1.807, 2.05) is 6.07 Å². The molecule has 0 saturated carbocycles. The third kappa shape index (κ3) is 2.69. The van der Waals surface area contributed by atoms with Crippen LogP contribution in [-0.2, 0) is 12.8 Å². The highest BCUT2D eigenvalue weighted by Crippen LogP contribution is 2.44. The van der Waals surface area contributed by atoms with Crippen molar-refractivity contribution in [2.75, 3.05) is 6.79 Å². The fourth-order valence-corrected chi connectivity index (χ4v) is 5.19. The molecule has 3 heterocycles. The molecular formula is C25H25N3O2. The zero-order valence-corrected chi connectivity index (χ0v) is 17.3. The summed E-state index contributed by atoms with van der Waals surface area (Å²) in [5, 5.41) is 2.47. The van der Waals surface area contributed by atoms with Crippen LogP contribution < -0.4 is 15.2 Å². The summed E-state index contributed by atoms with van der Waals surface area (Å²) in [6.45, 7) is 4.86. The van der Waals surface area contributed by atoms with Crippen molar-refractivity contribution < 1.29 is 9.47 Å². The minimum absolute atomic E-state index is 0.00227. The molecule has 6 rings (SSSR count). The number of ether oxygens (including phenoxy) is 2. The molecule has 0 saturated heterocycles. The molecule has 1 aliphatic carbocycles. The summed E-state index contributed by atoms with van der Waals surface area (Å²) in [4.78, 5) is 8.82. The molecule has 0 spiro atoms. The van der Waals surface area contributed by atoms with Crippen LogP contribution in [0.15, 0.2) is 42.5 Å². The van der Waals surface area contributed by atoms with E-state index in [0.29, 0.717) is 0 Å². The standard InChI is InChI=1S/C25H25N3O2/c1-25(2)11-16(26)23-19(12-25)27-18(9-14-7-8-20-21(10-14)30-13-29-20)24-22(23)15-5-3-4-6-17(15)28-24/h3-8,10,16,28H,9,11-13,26H2,1-2H3. The number of aromatic amines is 1. The Kier molecular flexibility index (Phi) is 3.69. The Morgan fingerprint density at radius 2 is 1.97 bits per heavy atom. The fraction of sp³-hybridized carbons (Fsp3) is 0.320. The lowest BCUT2D eigenvalue weighted by Gasteiger charge is -2.35. The first-order valence-electron chi connectivity index (χ1n) is 10.5. The Morgan fingerprint density at radius 1 is 1.13 bits per heavy atom. The second-order valence-electron chi connectivity index (χ2n) is 9.36. The number of nitrogens with one attached hydrogen (secondary N) is 1. The van der Waals surface area contributed by atoms with Crippen molar-refractivity contribution in [3.05, 3.63) is 65.0 Å². The fourth-order valence-electron chi connectivity index (χ4n) is 5.19. The Balaban J connectivity index is 1.58. The van der Waals surface area contributed by atoms with Crippen LogP contribution in [0.3, 0.4) is 0 Å². The highest BCUT2D eigenvalue weighted by molar-refractivity contribution is 6.10. The molecule has 1 atom stereocenters. The zero-order valence-electron chi connectivity index (χ0n) is 17.3. The molecule has 3 N–H and O–H groups in total. The van der Waals surface area contributed by atoms with Crippen LogP contribution in [0.25, 0.3) is 21.8 Å². The van der Waals surface area contributed by atoms with Gasteiger partial charge >= 0.3 is 0 Å². The van der Waals surface area contributed by atoms with Crippen LogP contribution in [-0.4, -0.2) is 16.8 Å². The molecule has 2 aromatic heterocycles. The number of aromatic nitrogens is 2. The summed E-state index contributed by atoms with van der Waals surface area (Å²) in [5.74, 6) is 1.61. The number of hydrogen-bond donors (Lipinski definition) is 2. The van der Waals surface area contributed by atoms with E-state index in [2.05, 4.69) is 55.2 Å². The van der Waals surface area contributed by atoms with Crippen LogP contribution in [0.1, 0.15) is 48.8 Å². The van der Waals surface area contributed by atoms with Gasteiger partial charge in [0.1, 0.15) is 0 Å². The summed E-state index contributed by atoms with van der Waals surface area (Å²) < 4.78 is 11.0. The van der Waals surface area contributed by atoms with Crippen molar-refractivity contribution in [2.24, 2.45) is 11.1 Å². The lowest BCUT2D eigenvalue weighted by atomic mass is 9.73. The largest absolute Gasteiger partial charge is 0.454 e. The first-order chi connectivity index (χ1) is 14.5. The molecule has 5 heteroatoms. The molecule has 5 nitrogen and oxygen atoms in total. The number of H-pyrrole nitrogens is 1. The van der Waals surface area contributed by atoms with Gasteiger partial charge in [-0.25, -0.2) is 0 Å². The molecule has 2 aromatic carbocycles. The number of pyridine rings is 1. The lowest BCUT2D eigenvalue weighted by Crippen LogP contribution is -2.31. The maximum absolute atomic E-state index is 6.72. The van der Waals surface area contributed by atoms with Gasteiger partial charge in [0, 0.05) is 40.0 Å². The van der Waals surface area contributed by atoms with E-state index in [0.717, 1.165) is 58.7 Å². The number of fused-ring (bicyclic) bond motifs is 6. The van der Waals surface area contributed by atoms with Gasteiger partial charge in [-0.05, 0) is 42.0 Å². The van der Waals surface area contributed by atoms with Crippen molar-refractivity contribution in [3.8, 4) is 11.5 Å². The number of nitrogens with two attached hydrogens (primary N) is 1. The molecule has 152 valence electrons. The van der Waals surface area contributed by atoms with Gasteiger partial charge in [-0.1, -0.05) is 38.1 Å². The predicted octanol–water partition coefficient (Wildman–Crippen LogP) is 5.01. The summed E-state index contributed by atoms with van der Waals surface area (Å²) in [6.07, 6.45) is 2.64. The molecule has 4 aromatic rings. The Labute approximate surface area is 175 Å². The molecule has 0 fully saturated rings. The lowest BCUT2D eigenvalue weighted by molar-refractivity contribution is 0.174. The third-order valence-corrected chi connectivity index (χ3v) is 6.44. The van der Waals surface area contributed by atoms with Crippen molar-refractivity contribution in [1.82, 2.24) is 9.97 Å². The van der Waals surface area contributed by atoms with Crippen LogP contribution in [0, 0.1) is 5.41 Å². The van der Waals surface area contributed by atoms with Crippen molar-refractivity contribution in [3.63, 3.8) is 0 Å². The van der Waals surface area contributed by atoms with E-state index < -0.39 is 0 Å². The van der Waals surface area contributed by atoms with Crippen LogP contribution >= 0.6 is 0 Å². The predicted molar refractivity (Wildman–Crippen MR) is 118 cm³/mol. The van der Waals surface area contributed by atoms with E-state index in [1.54, 1.807) is 0 Å². The van der Waals surface area contributed by atoms with E-state index in [1.165, 1.54) is 16.3 Å². The summed E-state index contributed by atoms with van der Waals surface area (Å²) >= 11 is 0. The first kappa shape index (κ1) is 17.8. The second kappa shape index (κ2) is 6.22. The highest BCUT2D eigenvalue weighted by atomic mass is 16.7. The number of rotatable bonds is 2. The second-order valence-corrected chi connectivity index (χ2v) is 9.36. The summed E-state index contributed by atoms with van der Waals surface area (Å²) in [7, 11) is 0. The minimum atomic E-state index is -0.00227. The normalized spacial score (nSPS) is 19.4.